The van der Waals surface area contributed by atoms with E-state index in [9.17, 15) is 4.79 Å². The maximum Gasteiger partial charge on any atom is 0.234 e. The van der Waals surface area contributed by atoms with Gasteiger partial charge in [0.15, 0.2) is 5.75 Å². The van der Waals surface area contributed by atoms with E-state index in [1.807, 2.05) is 6.92 Å². The number of rotatable bonds is 6. The van der Waals surface area contributed by atoms with E-state index in [0.717, 1.165) is 0 Å². The molecule has 0 aliphatic heterocycles. The SMILES string of the molecule is CC(=O)Nc1ncnc(NC(C)COc2cnc(C)nc2)n1. The van der Waals surface area contributed by atoms with E-state index in [1.54, 1.807) is 19.3 Å². The van der Waals surface area contributed by atoms with Gasteiger partial charge in [-0.05, 0) is 13.8 Å². The van der Waals surface area contributed by atoms with Crippen LogP contribution in [0.3, 0.4) is 0 Å². The van der Waals surface area contributed by atoms with Gasteiger partial charge in [-0.2, -0.15) is 4.98 Å². The fourth-order valence-electron chi connectivity index (χ4n) is 1.52. The van der Waals surface area contributed by atoms with E-state index in [-0.39, 0.29) is 17.9 Å². The Labute approximate surface area is 127 Å². The molecule has 0 aliphatic rings. The molecule has 0 fully saturated rings. The van der Waals surface area contributed by atoms with Gasteiger partial charge >= 0.3 is 0 Å². The number of carbonyl (C=O) groups excluding carboxylic acids is 1. The molecule has 0 aliphatic carbocycles. The van der Waals surface area contributed by atoms with Crippen LogP contribution in [0.5, 0.6) is 5.75 Å². The van der Waals surface area contributed by atoms with Crippen LogP contribution in [0, 0.1) is 6.92 Å². The first-order valence-electron chi connectivity index (χ1n) is 6.67. The molecule has 2 N–H and O–H groups in total. The molecule has 1 atom stereocenters. The third-order valence-corrected chi connectivity index (χ3v) is 2.49. The summed E-state index contributed by atoms with van der Waals surface area (Å²) in [6.07, 6.45) is 4.56. The van der Waals surface area contributed by atoms with Crippen molar-refractivity contribution >= 4 is 17.8 Å². The average molecular weight is 303 g/mol. The molecular weight excluding hydrogens is 286 g/mol. The topological polar surface area (TPSA) is 115 Å². The molecule has 0 bridgehead atoms. The minimum atomic E-state index is -0.243. The number of ether oxygens (including phenoxy) is 1. The summed E-state index contributed by atoms with van der Waals surface area (Å²) in [6.45, 7) is 5.49. The van der Waals surface area contributed by atoms with Gasteiger partial charge in [0.05, 0.1) is 18.4 Å². The summed E-state index contributed by atoms with van der Waals surface area (Å²) in [7, 11) is 0. The first-order chi connectivity index (χ1) is 10.5. The molecule has 116 valence electrons. The highest BCUT2D eigenvalue weighted by Gasteiger charge is 2.07. The van der Waals surface area contributed by atoms with Gasteiger partial charge in [-0.25, -0.2) is 19.9 Å². The number of aryl methyl sites for hydroxylation is 1. The van der Waals surface area contributed by atoms with Crippen LogP contribution in [0.4, 0.5) is 11.9 Å². The van der Waals surface area contributed by atoms with Crippen LogP contribution in [0.1, 0.15) is 19.7 Å². The van der Waals surface area contributed by atoms with Crippen molar-refractivity contribution in [2.45, 2.75) is 26.8 Å². The van der Waals surface area contributed by atoms with Gasteiger partial charge in [0.2, 0.25) is 17.8 Å². The molecule has 0 spiro atoms. The van der Waals surface area contributed by atoms with E-state index in [1.165, 1.54) is 13.3 Å². The zero-order chi connectivity index (χ0) is 15.9. The highest BCUT2D eigenvalue weighted by atomic mass is 16.5. The Balaban J connectivity index is 1.87. The molecule has 2 aromatic rings. The molecule has 9 heteroatoms. The first-order valence-corrected chi connectivity index (χ1v) is 6.67. The second kappa shape index (κ2) is 7.25. The van der Waals surface area contributed by atoms with Gasteiger partial charge in [-0.15, -0.1) is 0 Å². The summed E-state index contributed by atoms with van der Waals surface area (Å²) in [5, 5.41) is 5.55. The van der Waals surface area contributed by atoms with Crippen LogP contribution >= 0.6 is 0 Å². The van der Waals surface area contributed by atoms with Gasteiger partial charge in [-0.3, -0.25) is 10.1 Å². The first kappa shape index (κ1) is 15.5. The van der Waals surface area contributed by atoms with E-state index in [0.29, 0.717) is 24.1 Å². The largest absolute Gasteiger partial charge is 0.488 e. The number of nitrogens with one attached hydrogen (secondary N) is 2. The van der Waals surface area contributed by atoms with Crippen molar-refractivity contribution in [3.05, 3.63) is 24.5 Å². The van der Waals surface area contributed by atoms with Gasteiger partial charge < -0.3 is 10.1 Å². The van der Waals surface area contributed by atoms with Crippen molar-refractivity contribution in [1.82, 2.24) is 24.9 Å². The number of amides is 1. The Morgan fingerprint density at radius 1 is 1.23 bits per heavy atom. The predicted molar refractivity (Wildman–Crippen MR) is 79.5 cm³/mol. The summed E-state index contributed by atoms with van der Waals surface area (Å²) < 4.78 is 5.56. The van der Waals surface area contributed by atoms with Crippen molar-refractivity contribution in [3.8, 4) is 5.75 Å². The standard InChI is InChI=1S/C13H17N7O2/c1-8(6-22-11-4-14-9(2)15-5-11)18-12-16-7-17-13(20-12)19-10(3)21/h4-5,7-8H,6H2,1-3H3,(H2,16,17,18,19,20,21). The Morgan fingerprint density at radius 2 is 1.91 bits per heavy atom. The highest BCUT2D eigenvalue weighted by molar-refractivity contribution is 5.86. The molecule has 2 heterocycles. The molecule has 1 unspecified atom stereocenters. The molecule has 22 heavy (non-hydrogen) atoms. The number of hydrogen-bond acceptors (Lipinski definition) is 8. The number of aromatic nitrogens is 5. The van der Waals surface area contributed by atoms with E-state index >= 15 is 0 Å². The molecule has 2 rings (SSSR count). The van der Waals surface area contributed by atoms with Crippen LogP contribution in [-0.4, -0.2) is 43.5 Å². The molecular formula is C13H17N7O2. The van der Waals surface area contributed by atoms with E-state index < -0.39 is 0 Å². The molecule has 0 aromatic carbocycles. The second-order valence-corrected chi connectivity index (χ2v) is 4.64. The number of nitrogens with zero attached hydrogens (tertiary/aromatic N) is 5. The van der Waals surface area contributed by atoms with Gasteiger partial charge in [0, 0.05) is 6.92 Å². The lowest BCUT2D eigenvalue weighted by atomic mass is 10.4. The van der Waals surface area contributed by atoms with Crippen molar-refractivity contribution in [3.63, 3.8) is 0 Å². The van der Waals surface area contributed by atoms with Crippen molar-refractivity contribution in [2.24, 2.45) is 0 Å². The lowest BCUT2D eigenvalue weighted by Gasteiger charge is -2.14. The summed E-state index contributed by atoms with van der Waals surface area (Å²) in [4.78, 5) is 31.0. The summed E-state index contributed by atoms with van der Waals surface area (Å²) in [5.74, 6) is 1.59. The highest BCUT2D eigenvalue weighted by Crippen LogP contribution is 2.08. The Hall–Kier alpha value is -2.84. The molecule has 0 radical (unpaired) electrons. The minimum Gasteiger partial charge on any atom is -0.488 e. The third-order valence-electron chi connectivity index (χ3n) is 2.49. The maximum absolute atomic E-state index is 11.0. The minimum absolute atomic E-state index is 0.0612. The zero-order valence-electron chi connectivity index (χ0n) is 12.6. The summed E-state index contributed by atoms with van der Waals surface area (Å²) in [6, 6.07) is -0.0612. The lowest BCUT2D eigenvalue weighted by Crippen LogP contribution is -2.25. The second-order valence-electron chi connectivity index (χ2n) is 4.64. The molecule has 0 saturated carbocycles. The maximum atomic E-state index is 11.0. The number of anilines is 2. The Morgan fingerprint density at radius 3 is 2.59 bits per heavy atom. The predicted octanol–water partition coefficient (Wildman–Crippen LogP) is 0.808. The monoisotopic (exact) mass is 303 g/mol. The summed E-state index contributed by atoms with van der Waals surface area (Å²) in [5.41, 5.74) is 0. The van der Waals surface area contributed by atoms with Crippen LogP contribution < -0.4 is 15.4 Å². The van der Waals surface area contributed by atoms with Crippen LogP contribution in [-0.2, 0) is 4.79 Å². The number of hydrogen-bond donors (Lipinski definition) is 2. The molecule has 2 aromatic heterocycles. The molecule has 1 amide bonds. The fraction of sp³-hybridized carbons (Fsp3) is 0.385. The van der Waals surface area contributed by atoms with Gasteiger partial charge in [0.25, 0.3) is 0 Å². The van der Waals surface area contributed by atoms with Crippen molar-refractivity contribution in [1.29, 1.82) is 0 Å². The van der Waals surface area contributed by atoms with Gasteiger partial charge in [-0.1, -0.05) is 0 Å². The Kier molecular flexibility index (Phi) is 5.12. The summed E-state index contributed by atoms with van der Waals surface area (Å²) >= 11 is 0. The van der Waals surface area contributed by atoms with Crippen molar-refractivity contribution in [2.75, 3.05) is 17.2 Å². The number of carbonyl (C=O) groups is 1. The average Bonchev–Trinajstić information content (AvgIpc) is 2.46. The smallest absolute Gasteiger partial charge is 0.234 e. The molecule has 0 saturated heterocycles. The van der Waals surface area contributed by atoms with E-state index in [2.05, 4.69) is 35.6 Å². The molecule has 9 nitrogen and oxygen atoms in total. The lowest BCUT2D eigenvalue weighted by molar-refractivity contribution is -0.114. The van der Waals surface area contributed by atoms with Crippen LogP contribution in [0.2, 0.25) is 0 Å². The normalized spacial score (nSPS) is 11.6. The zero-order valence-corrected chi connectivity index (χ0v) is 12.6. The van der Waals surface area contributed by atoms with Crippen LogP contribution in [0.25, 0.3) is 0 Å². The fourth-order valence-corrected chi connectivity index (χ4v) is 1.52. The van der Waals surface area contributed by atoms with Crippen LogP contribution in [0.15, 0.2) is 18.7 Å². The third kappa shape index (κ3) is 4.93. The van der Waals surface area contributed by atoms with Gasteiger partial charge in [0.1, 0.15) is 18.8 Å². The quantitative estimate of drug-likeness (QED) is 0.805. The van der Waals surface area contributed by atoms with E-state index in [4.69, 9.17) is 4.74 Å². The van der Waals surface area contributed by atoms with Crippen molar-refractivity contribution < 1.29 is 9.53 Å². The Bertz CT molecular complexity index is 633.